The van der Waals surface area contributed by atoms with E-state index >= 15 is 0 Å². The molecule has 0 bridgehead atoms. The summed E-state index contributed by atoms with van der Waals surface area (Å²) in [5, 5.41) is 19.1. The molecule has 2 atom stereocenters. The molecule has 2 fully saturated rings. The molecule has 1 unspecified atom stereocenters. The summed E-state index contributed by atoms with van der Waals surface area (Å²) in [5.41, 5.74) is 2.34. The summed E-state index contributed by atoms with van der Waals surface area (Å²) in [7, 11) is -0.950. The van der Waals surface area contributed by atoms with Crippen LogP contribution in [0.25, 0.3) is 0 Å². The van der Waals surface area contributed by atoms with E-state index in [2.05, 4.69) is 16.1 Å². The van der Waals surface area contributed by atoms with E-state index in [9.17, 15) is 28.1 Å². The number of amides is 2. The summed E-state index contributed by atoms with van der Waals surface area (Å²) in [6.45, 7) is 6.84. The van der Waals surface area contributed by atoms with Crippen LogP contribution < -0.4 is 16.1 Å². The van der Waals surface area contributed by atoms with Crippen LogP contribution in [0.15, 0.2) is 53.4 Å². The zero-order valence-electron chi connectivity index (χ0n) is 29.2. The van der Waals surface area contributed by atoms with Crippen LogP contribution in [0, 0.1) is 21.4 Å². The zero-order valence-corrected chi connectivity index (χ0v) is 30.8. The first-order valence-electron chi connectivity index (χ1n) is 17.0. The van der Waals surface area contributed by atoms with Crippen molar-refractivity contribution in [1.29, 1.82) is 0 Å². The minimum absolute atomic E-state index is 0.0463. The Balaban J connectivity index is 1.59. The van der Waals surface area contributed by atoms with Gasteiger partial charge in [-0.15, -0.1) is 0 Å². The Kier molecular flexibility index (Phi) is 12.9. The molecular formula is C35H51ClN6O6S. The number of carbonyl (C=O) groups excluding carboxylic acids is 2. The Hall–Kier alpha value is -3.10. The molecule has 1 aliphatic carbocycles. The Morgan fingerprint density at radius 3 is 2.22 bits per heavy atom. The topological polar surface area (TPSA) is 154 Å². The molecule has 0 spiro atoms. The number of benzene rings is 2. The van der Waals surface area contributed by atoms with Gasteiger partial charge in [0.15, 0.2) is 0 Å². The van der Waals surface area contributed by atoms with Crippen LogP contribution in [0.3, 0.4) is 0 Å². The molecule has 1 saturated heterocycles. The van der Waals surface area contributed by atoms with Crippen LogP contribution in [0.1, 0.15) is 71.3 Å². The van der Waals surface area contributed by atoms with Crippen LogP contribution in [0.2, 0.25) is 5.02 Å². The summed E-state index contributed by atoms with van der Waals surface area (Å²) >= 11 is 6.12. The Labute approximate surface area is 295 Å². The third-order valence-corrected chi connectivity index (χ3v) is 11.8. The number of nitrogens with one attached hydrogen (secondary N) is 3. The molecule has 12 nitrogen and oxygen atoms in total. The number of nitro groups is 1. The SMILES string of the molecule is CN(C)CC(N[C@H](Cc1ccc(Cl)cc1)C(=O)NN1CCC(C(=O)NC(C)(C)C)(C2CCCCC2)CC1)S(=O)(=O)c1ccccc1[N+](=O)[O-]. The second-order valence-electron chi connectivity index (χ2n) is 14.7. The average molecular weight is 719 g/mol. The van der Waals surface area contributed by atoms with Gasteiger partial charge < -0.3 is 10.2 Å². The first-order chi connectivity index (χ1) is 23.0. The molecule has 1 aliphatic heterocycles. The fourth-order valence-corrected chi connectivity index (χ4v) is 9.05. The molecule has 270 valence electrons. The number of carbonyl (C=O) groups is 2. The first kappa shape index (κ1) is 38.7. The fraction of sp³-hybridized carbons (Fsp3) is 0.600. The molecule has 2 aromatic rings. The van der Waals surface area contributed by atoms with Crippen molar-refractivity contribution in [1.82, 2.24) is 26.0 Å². The predicted octanol–water partition coefficient (Wildman–Crippen LogP) is 4.72. The van der Waals surface area contributed by atoms with E-state index in [0.717, 1.165) is 37.3 Å². The number of hydrogen-bond donors (Lipinski definition) is 3. The number of likely N-dealkylation sites (N-methyl/N-ethyl adjacent to an activating group) is 1. The van der Waals surface area contributed by atoms with Crippen LogP contribution >= 0.6 is 11.6 Å². The van der Waals surface area contributed by atoms with Gasteiger partial charge in [-0.3, -0.25) is 30.4 Å². The monoisotopic (exact) mass is 718 g/mol. The lowest BCUT2D eigenvalue weighted by molar-refractivity contribution is -0.387. The minimum Gasteiger partial charge on any atom is -0.351 e. The van der Waals surface area contributed by atoms with Crippen molar-refractivity contribution in [2.45, 2.75) is 94.0 Å². The third kappa shape index (κ3) is 10.0. The maximum atomic E-state index is 14.1. The smallest absolute Gasteiger partial charge is 0.288 e. The maximum absolute atomic E-state index is 14.1. The molecule has 1 saturated carbocycles. The van der Waals surface area contributed by atoms with Crippen LogP contribution in [0.4, 0.5) is 5.69 Å². The van der Waals surface area contributed by atoms with Crippen LogP contribution in [-0.2, 0) is 25.8 Å². The van der Waals surface area contributed by atoms with Crippen molar-refractivity contribution >= 4 is 38.9 Å². The highest BCUT2D eigenvalue weighted by atomic mass is 35.5. The van der Waals surface area contributed by atoms with Crippen molar-refractivity contribution in [2.75, 3.05) is 33.7 Å². The second-order valence-corrected chi connectivity index (χ2v) is 17.3. The zero-order chi connectivity index (χ0) is 36.0. The molecule has 2 amide bonds. The van der Waals surface area contributed by atoms with Gasteiger partial charge in [0.05, 0.1) is 16.4 Å². The van der Waals surface area contributed by atoms with Crippen molar-refractivity contribution in [2.24, 2.45) is 11.3 Å². The summed E-state index contributed by atoms with van der Waals surface area (Å²) < 4.78 is 28.1. The Morgan fingerprint density at radius 2 is 1.65 bits per heavy atom. The van der Waals surface area contributed by atoms with Crippen molar-refractivity contribution < 1.29 is 22.9 Å². The number of para-hydroxylation sites is 1. The van der Waals surface area contributed by atoms with Crippen LogP contribution in [-0.4, -0.2) is 85.7 Å². The van der Waals surface area contributed by atoms with Crippen LogP contribution in [0.5, 0.6) is 0 Å². The number of nitro benzene ring substituents is 1. The molecular weight excluding hydrogens is 668 g/mol. The lowest BCUT2D eigenvalue weighted by Gasteiger charge is -2.47. The molecule has 4 rings (SSSR count). The van der Waals surface area contributed by atoms with Gasteiger partial charge >= 0.3 is 0 Å². The Morgan fingerprint density at radius 1 is 1.04 bits per heavy atom. The lowest BCUT2D eigenvalue weighted by Crippen LogP contribution is -2.61. The van der Waals surface area contributed by atoms with Gasteiger partial charge in [0.2, 0.25) is 15.7 Å². The largest absolute Gasteiger partial charge is 0.351 e. The number of sulfone groups is 1. The highest BCUT2D eigenvalue weighted by Crippen LogP contribution is 2.46. The molecule has 1 heterocycles. The van der Waals surface area contributed by atoms with E-state index in [1.807, 2.05) is 25.8 Å². The number of hydrazine groups is 1. The molecule has 14 heteroatoms. The molecule has 0 radical (unpaired) electrons. The maximum Gasteiger partial charge on any atom is 0.288 e. The number of piperidine rings is 1. The number of halogens is 1. The van der Waals surface area contributed by atoms with E-state index in [0.29, 0.717) is 31.0 Å². The number of hydrogen-bond acceptors (Lipinski definition) is 9. The normalized spacial score (nSPS) is 18.8. The van der Waals surface area contributed by atoms with Crippen molar-refractivity contribution in [3.05, 3.63) is 69.2 Å². The molecule has 49 heavy (non-hydrogen) atoms. The first-order valence-corrected chi connectivity index (χ1v) is 18.9. The van der Waals surface area contributed by atoms with E-state index in [-0.39, 0.29) is 30.3 Å². The van der Waals surface area contributed by atoms with Gasteiger partial charge in [-0.05, 0) is 96.7 Å². The highest BCUT2D eigenvalue weighted by molar-refractivity contribution is 7.92. The summed E-state index contributed by atoms with van der Waals surface area (Å²) in [4.78, 5) is 40.2. The second kappa shape index (κ2) is 16.3. The molecule has 0 aromatic heterocycles. The minimum atomic E-state index is -4.34. The fourth-order valence-electron chi connectivity index (χ4n) is 7.07. The lowest BCUT2D eigenvalue weighted by atomic mass is 9.63. The summed E-state index contributed by atoms with van der Waals surface area (Å²) in [6, 6.07) is 11.1. The number of rotatable bonds is 13. The number of nitrogens with zero attached hydrogens (tertiary/aromatic N) is 3. The van der Waals surface area contributed by atoms with Crippen molar-refractivity contribution in [3.8, 4) is 0 Å². The quantitative estimate of drug-likeness (QED) is 0.197. The average Bonchev–Trinajstić information content (AvgIpc) is 3.04. The third-order valence-electron chi connectivity index (χ3n) is 9.58. The van der Waals surface area contributed by atoms with Crippen molar-refractivity contribution in [3.63, 3.8) is 0 Å². The van der Waals surface area contributed by atoms with Gasteiger partial charge in [-0.25, -0.2) is 13.4 Å². The van der Waals surface area contributed by atoms with E-state index in [1.54, 1.807) is 43.3 Å². The van der Waals surface area contributed by atoms with E-state index in [1.165, 1.54) is 24.6 Å². The molecule has 2 aromatic carbocycles. The van der Waals surface area contributed by atoms with Gasteiger partial charge in [0, 0.05) is 36.3 Å². The standard InChI is InChI=1S/C35H51ClN6O6S/c1-34(2,3)38-33(44)35(26-11-7-6-8-12-26)19-21-41(22-20-35)39-32(43)28(23-25-15-17-27(36)18-16-25)37-31(24-40(4)5)49(47,48)30-14-10-9-13-29(30)42(45)46/h9-10,13-18,26,28,31,37H,6-8,11-12,19-24H2,1-5H3,(H,38,44)(H,39,43)/t28-,31?/m1/s1. The van der Waals surface area contributed by atoms with E-state index < -0.39 is 48.1 Å². The highest BCUT2D eigenvalue weighted by Gasteiger charge is 2.48. The predicted molar refractivity (Wildman–Crippen MR) is 191 cm³/mol. The Bertz CT molecular complexity index is 1570. The molecule has 3 N–H and O–H groups in total. The molecule has 2 aliphatic rings. The van der Waals surface area contributed by atoms with Gasteiger partial charge in [-0.1, -0.05) is 55.1 Å². The summed E-state index contributed by atoms with van der Waals surface area (Å²) in [6.07, 6.45) is 6.73. The van der Waals surface area contributed by atoms with Gasteiger partial charge in [0.25, 0.3) is 11.6 Å². The van der Waals surface area contributed by atoms with E-state index in [4.69, 9.17) is 11.6 Å². The van der Waals surface area contributed by atoms with Gasteiger partial charge in [-0.2, -0.15) is 0 Å². The summed E-state index contributed by atoms with van der Waals surface area (Å²) in [5.74, 6) is -0.0903. The van der Waals surface area contributed by atoms with Gasteiger partial charge in [0.1, 0.15) is 10.3 Å².